The maximum Gasteiger partial charge on any atom is 0.00184 e. The van der Waals surface area contributed by atoms with E-state index < -0.39 is 0 Å². The highest BCUT2D eigenvalue weighted by Gasteiger charge is 2.37. The summed E-state index contributed by atoms with van der Waals surface area (Å²) in [6.45, 7) is 7.56. The van der Waals surface area contributed by atoms with Crippen LogP contribution in [-0.4, -0.2) is 6.54 Å². The third-order valence-corrected chi connectivity index (χ3v) is 3.50. The number of rotatable bonds is 1. The van der Waals surface area contributed by atoms with Crippen molar-refractivity contribution in [3.05, 3.63) is 34.9 Å². The normalized spacial score (nSPS) is 23.6. The molecule has 0 aromatic heterocycles. The predicted molar refractivity (Wildman–Crippen MR) is 60.5 cm³/mol. The van der Waals surface area contributed by atoms with E-state index in [1.165, 1.54) is 23.1 Å². The first-order valence-corrected chi connectivity index (χ1v) is 5.34. The van der Waals surface area contributed by atoms with Gasteiger partial charge in [-0.25, -0.2) is 0 Å². The van der Waals surface area contributed by atoms with Crippen LogP contribution in [-0.2, 0) is 6.42 Å². The summed E-state index contributed by atoms with van der Waals surface area (Å²) >= 11 is 0. The Hall–Kier alpha value is -0.820. The molecular weight excluding hydrogens is 170 g/mol. The Balaban J connectivity index is 2.49. The molecule has 1 unspecified atom stereocenters. The lowest BCUT2D eigenvalue weighted by molar-refractivity contribution is 0.318. The summed E-state index contributed by atoms with van der Waals surface area (Å²) in [5, 5.41) is 0. The zero-order valence-corrected chi connectivity index (χ0v) is 9.30. The van der Waals surface area contributed by atoms with Crippen LogP contribution >= 0.6 is 0 Å². The van der Waals surface area contributed by atoms with Crippen LogP contribution in [0.25, 0.3) is 0 Å². The fraction of sp³-hybridized carbons (Fsp3) is 0.538. The van der Waals surface area contributed by atoms with Crippen LogP contribution < -0.4 is 5.73 Å². The zero-order valence-electron chi connectivity index (χ0n) is 9.30. The summed E-state index contributed by atoms with van der Waals surface area (Å²) in [5.74, 6) is 0.539. The second kappa shape index (κ2) is 3.09. The minimum atomic E-state index is 0.338. The number of nitrogens with two attached hydrogens (primary N) is 1. The Kier molecular flexibility index (Phi) is 2.15. The van der Waals surface area contributed by atoms with Crippen LogP contribution in [0.1, 0.15) is 36.5 Å². The summed E-state index contributed by atoms with van der Waals surface area (Å²) in [4.78, 5) is 0. The van der Waals surface area contributed by atoms with Gasteiger partial charge in [0, 0.05) is 5.92 Å². The van der Waals surface area contributed by atoms with Crippen molar-refractivity contribution in [3.63, 3.8) is 0 Å². The highest BCUT2D eigenvalue weighted by atomic mass is 14.6. The average molecular weight is 189 g/mol. The molecule has 0 heterocycles. The number of benzene rings is 1. The van der Waals surface area contributed by atoms with Crippen molar-refractivity contribution in [3.8, 4) is 0 Å². The maximum absolute atomic E-state index is 5.87. The van der Waals surface area contributed by atoms with Gasteiger partial charge in [-0.15, -0.1) is 0 Å². The largest absolute Gasteiger partial charge is 0.330 e. The molecule has 1 aromatic rings. The lowest BCUT2D eigenvalue weighted by atomic mass is 9.80. The SMILES string of the molecule is Cc1ccc2c(c1)C(CN)C(C)(C)C2. The number of hydrogen-bond acceptors (Lipinski definition) is 1. The Morgan fingerprint density at radius 2 is 2.14 bits per heavy atom. The van der Waals surface area contributed by atoms with Crippen molar-refractivity contribution in [1.82, 2.24) is 0 Å². The third-order valence-electron chi connectivity index (χ3n) is 3.50. The summed E-state index contributed by atoms with van der Waals surface area (Å²) in [5.41, 5.74) is 10.5. The smallest absolute Gasteiger partial charge is 0.00184 e. The van der Waals surface area contributed by atoms with Gasteiger partial charge in [0.15, 0.2) is 0 Å². The molecule has 76 valence electrons. The van der Waals surface area contributed by atoms with E-state index in [0.717, 1.165) is 6.54 Å². The molecular formula is C13H19N. The van der Waals surface area contributed by atoms with E-state index in [4.69, 9.17) is 5.73 Å². The van der Waals surface area contributed by atoms with Gasteiger partial charge in [-0.3, -0.25) is 0 Å². The van der Waals surface area contributed by atoms with Gasteiger partial charge in [0.1, 0.15) is 0 Å². The van der Waals surface area contributed by atoms with Crippen molar-refractivity contribution in [2.75, 3.05) is 6.54 Å². The molecule has 0 aliphatic heterocycles. The van der Waals surface area contributed by atoms with Gasteiger partial charge in [-0.1, -0.05) is 37.6 Å². The molecule has 0 fully saturated rings. The van der Waals surface area contributed by atoms with Gasteiger partial charge in [-0.05, 0) is 36.4 Å². The van der Waals surface area contributed by atoms with Crippen molar-refractivity contribution in [1.29, 1.82) is 0 Å². The molecule has 0 bridgehead atoms. The van der Waals surface area contributed by atoms with Crippen molar-refractivity contribution in [2.45, 2.75) is 33.1 Å². The Morgan fingerprint density at radius 1 is 1.43 bits per heavy atom. The fourth-order valence-corrected chi connectivity index (χ4v) is 2.68. The summed E-state index contributed by atoms with van der Waals surface area (Å²) in [6, 6.07) is 6.78. The Bertz CT molecular complexity index is 352. The molecule has 0 amide bonds. The van der Waals surface area contributed by atoms with Crippen LogP contribution in [0.5, 0.6) is 0 Å². The first-order valence-electron chi connectivity index (χ1n) is 5.34. The van der Waals surface area contributed by atoms with E-state index in [-0.39, 0.29) is 0 Å². The first-order chi connectivity index (χ1) is 6.54. The Morgan fingerprint density at radius 3 is 2.79 bits per heavy atom. The monoisotopic (exact) mass is 189 g/mol. The molecule has 1 atom stereocenters. The van der Waals surface area contributed by atoms with Crippen LogP contribution in [0, 0.1) is 12.3 Å². The lowest BCUT2D eigenvalue weighted by Gasteiger charge is -2.26. The van der Waals surface area contributed by atoms with Crippen LogP contribution in [0.4, 0.5) is 0 Å². The number of aryl methyl sites for hydroxylation is 1. The standard InChI is InChI=1S/C13H19N/c1-9-4-5-10-7-13(2,3)12(8-14)11(10)6-9/h4-6,12H,7-8,14H2,1-3H3. The molecule has 0 saturated carbocycles. The van der Waals surface area contributed by atoms with Crippen LogP contribution in [0.2, 0.25) is 0 Å². The molecule has 0 saturated heterocycles. The highest BCUT2D eigenvalue weighted by molar-refractivity contribution is 5.40. The van der Waals surface area contributed by atoms with E-state index >= 15 is 0 Å². The van der Waals surface area contributed by atoms with Crippen molar-refractivity contribution >= 4 is 0 Å². The van der Waals surface area contributed by atoms with Crippen molar-refractivity contribution < 1.29 is 0 Å². The van der Waals surface area contributed by atoms with Crippen LogP contribution in [0.15, 0.2) is 18.2 Å². The minimum absolute atomic E-state index is 0.338. The van der Waals surface area contributed by atoms with Gasteiger partial charge in [0.05, 0.1) is 0 Å². The molecule has 0 radical (unpaired) electrons. The van der Waals surface area contributed by atoms with E-state index in [9.17, 15) is 0 Å². The highest BCUT2D eigenvalue weighted by Crippen LogP contribution is 2.46. The number of hydrogen-bond donors (Lipinski definition) is 1. The van der Waals surface area contributed by atoms with Gasteiger partial charge < -0.3 is 5.73 Å². The third kappa shape index (κ3) is 1.36. The molecule has 1 aliphatic rings. The number of fused-ring (bicyclic) bond motifs is 1. The molecule has 1 nitrogen and oxygen atoms in total. The topological polar surface area (TPSA) is 26.0 Å². The molecule has 14 heavy (non-hydrogen) atoms. The second-order valence-corrected chi connectivity index (χ2v) is 5.16. The van der Waals surface area contributed by atoms with Gasteiger partial charge in [0.2, 0.25) is 0 Å². The quantitative estimate of drug-likeness (QED) is 0.722. The van der Waals surface area contributed by atoms with Crippen LogP contribution in [0.3, 0.4) is 0 Å². The van der Waals surface area contributed by atoms with Crippen molar-refractivity contribution in [2.24, 2.45) is 11.1 Å². The van der Waals surface area contributed by atoms with E-state index in [2.05, 4.69) is 39.0 Å². The van der Waals surface area contributed by atoms with E-state index in [1.54, 1.807) is 0 Å². The van der Waals surface area contributed by atoms with Gasteiger partial charge in [-0.2, -0.15) is 0 Å². The molecule has 2 rings (SSSR count). The molecule has 0 spiro atoms. The molecule has 1 heteroatoms. The summed E-state index contributed by atoms with van der Waals surface area (Å²) in [6.07, 6.45) is 1.17. The molecule has 2 N–H and O–H groups in total. The van der Waals surface area contributed by atoms with Gasteiger partial charge in [0.25, 0.3) is 0 Å². The fourth-order valence-electron chi connectivity index (χ4n) is 2.68. The second-order valence-electron chi connectivity index (χ2n) is 5.16. The zero-order chi connectivity index (χ0) is 10.3. The van der Waals surface area contributed by atoms with E-state index in [1.807, 2.05) is 0 Å². The van der Waals surface area contributed by atoms with Gasteiger partial charge >= 0.3 is 0 Å². The minimum Gasteiger partial charge on any atom is -0.330 e. The first kappa shape index (κ1) is 9.72. The summed E-state index contributed by atoms with van der Waals surface area (Å²) in [7, 11) is 0. The van der Waals surface area contributed by atoms with E-state index in [0.29, 0.717) is 11.3 Å². The Labute approximate surface area is 86.3 Å². The maximum atomic E-state index is 5.87. The summed E-state index contributed by atoms with van der Waals surface area (Å²) < 4.78 is 0. The lowest BCUT2D eigenvalue weighted by Crippen LogP contribution is -2.24. The average Bonchev–Trinajstić information content (AvgIpc) is 2.34. The predicted octanol–water partition coefficient (Wildman–Crippen LogP) is 2.62. The molecule has 1 aliphatic carbocycles. The molecule has 1 aromatic carbocycles.